The molecule has 1 heterocycles. The first-order valence-electron chi connectivity index (χ1n) is 6.15. The van der Waals surface area contributed by atoms with Crippen molar-refractivity contribution in [2.75, 3.05) is 0 Å². The number of benzene rings is 2. The van der Waals surface area contributed by atoms with E-state index in [-0.39, 0.29) is 10.6 Å². The topological polar surface area (TPSA) is 35.1 Å². The quantitative estimate of drug-likeness (QED) is 0.481. The van der Waals surface area contributed by atoms with Gasteiger partial charge in [0.05, 0.1) is 10.3 Å². The molecule has 0 aliphatic heterocycles. The van der Waals surface area contributed by atoms with Gasteiger partial charge in [-0.25, -0.2) is 4.79 Å². The number of hydrogen-bond acceptors (Lipinski definition) is 2. The number of aryl methyl sites for hydroxylation is 1. The van der Waals surface area contributed by atoms with Crippen LogP contribution in [0.15, 0.2) is 54.6 Å². The Hall–Kier alpha value is -0.850. The molecule has 21 heavy (non-hydrogen) atoms. The second-order valence-electron chi connectivity index (χ2n) is 4.72. The molecule has 0 fully saturated rings. The van der Waals surface area contributed by atoms with E-state index in [0.29, 0.717) is 5.58 Å². The van der Waals surface area contributed by atoms with Gasteiger partial charge in [0, 0.05) is 16.0 Å². The lowest BCUT2D eigenvalue weighted by molar-refractivity contribution is 0.528. The van der Waals surface area contributed by atoms with Gasteiger partial charge in [0.25, 0.3) is 0 Å². The maximum Gasteiger partial charge on any atom is 0.419 e. The van der Waals surface area contributed by atoms with Crippen molar-refractivity contribution in [3.05, 3.63) is 67.0 Å². The van der Waals surface area contributed by atoms with Gasteiger partial charge in [-0.3, -0.25) is 4.57 Å². The fraction of sp³-hybridized carbons (Fsp3) is 0.133. The molecule has 0 bridgehead atoms. The van der Waals surface area contributed by atoms with E-state index >= 15 is 0 Å². The fourth-order valence-electron chi connectivity index (χ4n) is 2.22. The van der Waals surface area contributed by atoms with Crippen LogP contribution in [-0.4, -0.2) is 4.57 Å². The number of rotatable bonds is 2. The van der Waals surface area contributed by atoms with E-state index in [2.05, 4.69) is 59.9 Å². The Labute approximate surface area is 146 Å². The molecule has 0 aliphatic rings. The standard InChI is InChI=1S/C15H10Br3NO2/c1-19-12-3-2-8(6-13(12)21-15(19)20)14(18)9-4-10(16)7-11(17)5-9/h2-7,14H,1H3. The van der Waals surface area contributed by atoms with Crippen LogP contribution < -0.4 is 5.76 Å². The van der Waals surface area contributed by atoms with Crippen molar-refractivity contribution < 1.29 is 4.42 Å². The molecule has 0 aliphatic carbocycles. The smallest absolute Gasteiger partial charge is 0.408 e. The maximum absolute atomic E-state index is 11.6. The van der Waals surface area contributed by atoms with Crippen LogP contribution in [0.25, 0.3) is 11.1 Å². The van der Waals surface area contributed by atoms with Crippen LogP contribution in [0, 0.1) is 0 Å². The van der Waals surface area contributed by atoms with Crippen LogP contribution in [0.2, 0.25) is 0 Å². The molecule has 108 valence electrons. The molecule has 0 radical (unpaired) electrons. The van der Waals surface area contributed by atoms with Crippen molar-refractivity contribution in [3.8, 4) is 0 Å². The Morgan fingerprint density at radius 1 is 1.05 bits per heavy atom. The number of oxazole rings is 1. The van der Waals surface area contributed by atoms with E-state index in [9.17, 15) is 4.79 Å². The molecule has 0 amide bonds. The van der Waals surface area contributed by atoms with Gasteiger partial charge in [-0.05, 0) is 41.5 Å². The molecule has 0 saturated heterocycles. The van der Waals surface area contributed by atoms with Gasteiger partial charge >= 0.3 is 5.76 Å². The normalized spacial score (nSPS) is 12.8. The third-order valence-corrected chi connectivity index (χ3v) is 5.26. The molecular formula is C15H10Br3NO2. The minimum atomic E-state index is -0.349. The van der Waals surface area contributed by atoms with Crippen LogP contribution in [0.4, 0.5) is 0 Å². The van der Waals surface area contributed by atoms with Gasteiger partial charge in [-0.1, -0.05) is 53.9 Å². The summed E-state index contributed by atoms with van der Waals surface area (Å²) in [6, 6.07) is 11.9. The highest BCUT2D eigenvalue weighted by molar-refractivity contribution is 9.11. The molecule has 1 atom stereocenters. The Morgan fingerprint density at radius 2 is 1.71 bits per heavy atom. The predicted molar refractivity (Wildman–Crippen MR) is 94.1 cm³/mol. The van der Waals surface area contributed by atoms with Gasteiger partial charge in [0.15, 0.2) is 5.58 Å². The lowest BCUT2D eigenvalue weighted by Gasteiger charge is -2.12. The molecule has 0 saturated carbocycles. The highest BCUT2D eigenvalue weighted by Gasteiger charge is 2.14. The lowest BCUT2D eigenvalue weighted by atomic mass is 10.0. The Bertz CT molecular complexity index is 862. The van der Waals surface area contributed by atoms with Crippen LogP contribution >= 0.6 is 47.8 Å². The third kappa shape index (κ3) is 2.89. The number of hydrogen-bond donors (Lipinski definition) is 0. The van der Waals surface area contributed by atoms with Gasteiger partial charge in [0.2, 0.25) is 0 Å². The van der Waals surface area contributed by atoms with Gasteiger partial charge in [-0.15, -0.1) is 0 Å². The van der Waals surface area contributed by atoms with Crippen molar-refractivity contribution in [1.82, 2.24) is 4.57 Å². The molecule has 0 spiro atoms. The van der Waals surface area contributed by atoms with E-state index < -0.39 is 0 Å². The highest BCUT2D eigenvalue weighted by Crippen LogP contribution is 2.35. The first-order valence-corrected chi connectivity index (χ1v) is 8.65. The number of halogens is 3. The maximum atomic E-state index is 11.6. The molecular weight excluding hydrogens is 466 g/mol. The van der Waals surface area contributed by atoms with Crippen molar-refractivity contribution >= 4 is 58.9 Å². The summed E-state index contributed by atoms with van der Waals surface area (Å²) in [5.41, 5.74) is 3.52. The second-order valence-corrected chi connectivity index (χ2v) is 7.47. The number of alkyl halides is 1. The summed E-state index contributed by atoms with van der Waals surface area (Å²) >= 11 is 10.7. The van der Waals surface area contributed by atoms with Crippen LogP contribution in [-0.2, 0) is 7.05 Å². The summed E-state index contributed by atoms with van der Waals surface area (Å²) in [5.74, 6) is -0.349. The third-order valence-electron chi connectivity index (χ3n) is 3.29. The highest BCUT2D eigenvalue weighted by atomic mass is 79.9. The summed E-state index contributed by atoms with van der Waals surface area (Å²) in [6.07, 6.45) is 0. The molecule has 1 aromatic heterocycles. The summed E-state index contributed by atoms with van der Waals surface area (Å²) in [7, 11) is 1.70. The molecule has 3 nitrogen and oxygen atoms in total. The van der Waals surface area contributed by atoms with Crippen LogP contribution in [0.3, 0.4) is 0 Å². The van der Waals surface area contributed by atoms with Crippen LogP contribution in [0.1, 0.15) is 16.0 Å². The van der Waals surface area contributed by atoms with Crippen molar-refractivity contribution in [2.24, 2.45) is 7.05 Å². The Morgan fingerprint density at radius 3 is 2.38 bits per heavy atom. The van der Waals surface area contributed by atoms with E-state index in [1.807, 2.05) is 24.3 Å². The molecule has 1 unspecified atom stereocenters. The van der Waals surface area contributed by atoms with Gasteiger partial charge < -0.3 is 4.42 Å². The summed E-state index contributed by atoms with van der Waals surface area (Å²) in [5, 5.41) is 0. The first-order chi connectivity index (χ1) is 9.95. The number of fused-ring (bicyclic) bond motifs is 1. The lowest BCUT2D eigenvalue weighted by Crippen LogP contribution is -2.08. The number of nitrogens with zero attached hydrogens (tertiary/aromatic N) is 1. The zero-order valence-electron chi connectivity index (χ0n) is 10.9. The average molecular weight is 476 g/mol. The Kier molecular flexibility index (Phi) is 4.12. The molecule has 3 rings (SSSR count). The Balaban J connectivity index is 2.08. The van der Waals surface area contributed by atoms with E-state index in [1.165, 1.54) is 4.57 Å². The molecule has 2 aromatic carbocycles. The van der Waals surface area contributed by atoms with Gasteiger partial charge in [-0.2, -0.15) is 0 Å². The predicted octanol–water partition coefficient (Wildman–Crippen LogP) is 5.14. The minimum Gasteiger partial charge on any atom is -0.408 e. The van der Waals surface area contributed by atoms with E-state index in [0.717, 1.165) is 25.6 Å². The van der Waals surface area contributed by atoms with Crippen molar-refractivity contribution in [2.45, 2.75) is 4.83 Å². The van der Waals surface area contributed by atoms with Gasteiger partial charge in [0.1, 0.15) is 0 Å². The summed E-state index contributed by atoms with van der Waals surface area (Å²) in [6.45, 7) is 0. The largest absolute Gasteiger partial charge is 0.419 e. The summed E-state index contributed by atoms with van der Waals surface area (Å²) < 4.78 is 8.75. The van der Waals surface area contributed by atoms with Crippen LogP contribution in [0.5, 0.6) is 0 Å². The van der Waals surface area contributed by atoms with E-state index in [4.69, 9.17) is 4.42 Å². The first kappa shape index (κ1) is 15.1. The monoisotopic (exact) mass is 473 g/mol. The average Bonchev–Trinajstić information content (AvgIpc) is 2.71. The van der Waals surface area contributed by atoms with Crippen molar-refractivity contribution in [3.63, 3.8) is 0 Å². The minimum absolute atomic E-state index is 0.0150. The fourth-order valence-corrected chi connectivity index (χ4v) is 4.10. The van der Waals surface area contributed by atoms with Crippen molar-refractivity contribution in [1.29, 1.82) is 0 Å². The molecule has 0 N–H and O–H groups in total. The summed E-state index contributed by atoms with van der Waals surface area (Å²) in [4.78, 5) is 11.6. The molecule has 6 heteroatoms. The van der Waals surface area contributed by atoms with E-state index in [1.54, 1.807) is 7.05 Å². The zero-order valence-corrected chi connectivity index (χ0v) is 15.7. The number of aromatic nitrogens is 1. The SMILES string of the molecule is Cn1c(=O)oc2cc(C(Br)c3cc(Br)cc(Br)c3)ccc21. The zero-order chi connectivity index (χ0) is 15.1. The second kappa shape index (κ2) is 5.74. The molecule has 3 aromatic rings.